The van der Waals surface area contributed by atoms with E-state index in [-0.39, 0.29) is 38.3 Å². The number of benzene rings is 1. The van der Waals surface area contributed by atoms with Crippen molar-refractivity contribution in [3.05, 3.63) is 89.9 Å². The van der Waals surface area contributed by atoms with Gasteiger partial charge in [-0.15, -0.1) is 23.9 Å². The van der Waals surface area contributed by atoms with Crippen molar-refractivity contribution < 1.29 is 25.8 Å². The third-order valence-corrected chi connectivity index (χ3v) is 7.61. The van der Waals surface area contributed by atoms with Crippen LogP contribution in [0.2, 0.25) is 0 Å². The molecule has 1 aliphatic rings. The SMILES string of the molecule is CC1=C(C)N(c2[c-]c(Oc3[c-]c(-c4cc(C(C)(C)C)ccn4)c4nc(C(C)C)c(C(C)C)n4c3)ccc2)[CH-]N1C.[Pt]. The van der Waals surface area contributed by atoms with E-state index in [2.05, 4.69) is 114 Å². The summed E-state index contributed by atoms with van der Waals surface area (Å²) < 4.78 is 8.66. The minimum atomic E-state index is -0.00924. The molecule has 0 spiro atoms. The van der Waals surface area contributed by atoms with Gasteiger partial charge in [0.05, 0.1) is 17.1 Å². The zero-order valence-corrected chi connectivity index (χ0v) is 28.0. The average molecular weight is 730 g/mol. The van der Waals surface area contributed by atoms with Crippen molar-refractivity contribution in [2.75, 3.05) is 11.9 Å². The zero-order chi connectivity index (χ0) is 28.9. The van der Waals surface area contributed by atoms with E-state index < -0.39 is 0 Å². The summed E-state index contributed by atoms with van der Waals surface area (Å²) in [7, 11) is 2.05. The van der Waals surface area contributed by atoms with E-state index in [1.165, 1.54) is 17.0 Å². The Balaban J connectivity index is 0.00000387. The molecule has 0 fully saturated rings. The van der Waals surface area contributed by atoms with E-state index in [9.17, 15) is 0 Å². The minimum Gasteiger partial charge on any atom is -0.508 e. The fraction of sp³-hybridized carbons (Fsp3) is 0.382. The van der Waals surface area contributed by atoms with Crippen LogP contribution in [0.1, 0.15) is 91.1 Å². The third kappa shape index (κ3) is 5.95. The molecule has 6 nitrogen and oxygen atoms in total. The van der Waals surface area contributed by atoms with Crippen molar-refractivity contribution in [1.82, 2.24) is 19.3 Å². The number of hydrogen-bond donors (Lipinski definition) is 0. The topological polar surface area (TPSA) is 45.9 Å². The molecule has 0 N–H and O–H groups in total. The van der Waals surface area contributed by atoms with Crippen LogP contribution in [0, 0.1) is 18.8 Å². The number of hydrogen-bond acceptors (Lipinski definition) is 5. The van der Waals surface area contributed by atoms with Gasteiger partial charge < -0.3 is 23.9 Å². The van der Waals surface area contributed by atoms with Crippen LogP contribution >= 0.6 is 0 Å². The van der Waals surface area contributed by atoms with E-state index in [0.717, 1.165) is 34.0 Å². The van der Waals surface area contributed by atoms with Crippen molar-refractivity contribution in [3.8, 4) is 22.8 Å². The molecule has 5 rings (SSSR count). The molecular weight excluding hydrogens is 689 g/mol. The van der Waals surface area contributed by atoms with Crippen molar-refractivity contribution in [2.45, 2.75) is 79.6 Å². The molecule has 0 aliphatic carbocycles. The molecule has 0 amide bonds. The maximum absolute atomic E-state index is 6.48. The number of rotatable bonds is 6. The zero-order valence-electron chi connectivity index (χ0n) is 25.7. The van der Waals surface area contributed by atoms with Crippen LogP contribution in [-0.4, -0.2) is 26.3 Å². The van der Waals surface area contributed by atoms with E-state index >= 15 is 0 Å². The van der Waals surface area contributed by atoms with Crippen LogP contribution in [0.4, 0.5) is 5.69 Å². The molecule has 0 saturated carbocycles. The Morgan fingerprint density at radius 2 is 1.68 bits per heavy atom. The van der Waals surface area contributed by atoms with E-state index in [1.54, 1.807) is 0 Å². The fourth-order valence-corrected chi connectivity index (χ4v) is 5.13. The van der Waals surface area contributed by atoms with Gasteiger partial charge in [0.15, 0.2) is 0 Å². The Morgan fingerprint density at radius 3 is 2.29 bits per heavy atom. The Labute approximate surface area is 259 Å². The average Bonchev–Trinajstić information content (AvgIpc) is 3.41. The first-order valence-electron chi connectivity index (χ1n) is 14.0. The van der Waals surface area contributed by atoms with E-state index in [1.807, 2.05) is 30.6 Å². The molecule has 7 heteroatoms. The molecule has 0 saturated heterocycles. The summed E-state index contributed by atoms with van der Waals surface area (Å²) in [4.78, 5) is 14.2. The second-order valence-corrected chi connectivity index (χ2v) is 12.3. The first-order chi connectivity index (χ1) is 18.8. The van der Waals surface area contributed by atoms with Crippen molar-refractivity contribution >= 4 is 11.3 Å². The largest absolute Gasteiger partial charge is 0.508 e. The summed E-state index contributed by atoms with van der Waals surface area (Å²) in [6.07, 6.45) is 3.88. The molecule has 0 radical (unpaired) electrons. The van der Waals surface area contributed by atoms with Crippen molar-refractivity contribution in [2.24, 2.45) is 0 Å². The second-order valence-electron chi connectivity index (χ2n) is 12.3. The molecule has 4 aromatic rings. The molecule has 3 aromatic heterocycles. The number of ether oxygens (including phenoxy) is 1. The molecule has 0 unspecified atom stereocenters. The van der Waals surface area contributed by atoms with Gasteiger partial charge in [-0.3, -0.25) is 4.98 Å². The molecular formula is C34H40N5OPt-3. The number of allylic oxidation sites excluding steroid dienone is 2. The van der Waals surface area contributed by atoms with Gasteiger partial charge in [-0.25, -0.2) is 0 Å². The number of anilines is 1. The number of fused-ring (bicyclic) bond motifs is 1. The van der Waals surface area contributed by atoms with Gasteiger partial charge >= 0.3 is 0 Å². The first kappa shape index (κ1) is 30.8. The Morgan fingerprint density at radius 1 is 0.951 bits per heavy atom. The summed E-state index contributed by atoms with van der Waals surface area (Å²) in [5.74, 6) is 1.78. The Kier molecular flexibility index (Phi) is 8.75. The van der Waals surface area contributed by atoms with Crippen LogP contribution < -0.4 is 9.64 Å². The van der Waals surface area contributed by atoms with Crippen LogP contribution in [0.15, 0.2) is 54.1 Å². The standard InChI is InChI=1S/C34H40N5O.Pt/c1-21(2)31-32(22(3)4)38-19-28(18-29(33(38)36-31)30-16-25(14-15-35-30)34(7,8)9)40-27-13-11-12-26(17-27)39-20-37(10)23(5)24(39)6;/h11-16,19-22H,1-10H3;/q-3;. The molecule has 0 atom stereocenters. The minimum absolute atomic E-state index is 0. The first-order valence-corrected chi connectivity index (χ1v) is 14.0. The van der Waals surface area contributed by atoms with Gasteiger partial charge in [0.25, 0.3) is 0 Å². The fourth-order valence-electron chi connectivity index (χ4n) is 5.13. The quantitative estimate of drug-likeness (QED) is 0.187. The molecule has 0 bridgehead atoms. The van der Waals surface area contributed by atoms with Gasteiger partial charge in [-0.05, 0) is 67.4 Å². The number of imidazole rings is 1. The molecule has 41 heavy (non-hydrogen) atoms. The maximum Gasteiger partial charge on any atom is 0.0584 e. The number of aromatic nitrogens is 3. The smallest absolute Gasteiger partial charge is 0.0584 e. The molecule has 1 aliphatic heterocycles. The van der Waals surface area contributed by atoms with Crippen LogP contribution in [-0.2, 0) is 26.5 Å². The van der Waals surface area contributed by atoms with Crippen molar-refractivity contribution in [3.63, 3.8) is 0 Å². The van der Waals surface area contributed by atoms with Crippen LogP contribution in [0.25, 0.3) is 16.9 Å². The molecule has 220 valence electrons. The Bertz CT molecular complexity index is 1590. The summed E-state index contributed by atoms with van der Waals surface area (Å²) in [5, 5.41) is 0. The van der Waals surface area contributed by atoms with Gasteiger partial charge in [0.1, 0.15) is 0 Å². The molecule has 4 heterocycles. The monoisotopic (exact) mass is 729 g/mol. The predicted octanol–water partition coefficient (Wildman–Crippen LogP) is 8.45. The predicted molar refractivity (Wildman–Crippen MR) is 162 cm³/mol. The van der Waals surface area contributed by atoms with Gasteiger partial charge in [0, 0.05) is 44.4 Å². The van der Waals surface area contributed by atoms with Crippen molar-refractivity contribution in [1.29, 1.82) is 0 Å². The van der Waals surface area contributed by atoms with Gasteiger partial charge in [-0.1, -0.05) is 66.2 Å². The van der Waals surface area contributed by atoms with E-state index in [0.29, 0.717) is 11.5 Å². The van der Waals surface area contributed by atoms with Gasteiger partial charge in [-0.2, -0.15) is 12.7 Å². The van der Waals surface area contributed by atoms with Crippen LogP contribution in [0.3, 0.4) is 0 Å². The summed E-state index contributed by atoms with van der Waals surface area (Å²) >= 11 is 0. The maximum atomic E-state index is 6.48. The summed E-state index contributed by atoms with van der Waals surface area (Å²) in [5.41, 5.74) is 9.28. The second kappa shape index (κ2) is 11.6. The third-order valence-electron chi connectivity index (χ3n) is 7.61. The number of pyridine rings is 2. The number of nitrogens with zero attached hydrogens (tertiary/aromatic N) is 5. The van der Waals surface area contributed by atoms with Gasteiger partial charge in [0.2, 0.25) is 0 Å². The molecule has 1 aromatic carbocycles. The normalized spacial score (nSPS) is 14.0. The van der Waals surface area contributed by atoms with Crippen LogP contribution in [0.5, 0.6) is 11.5 Å². The summed E-state index contributed by atoms with van der Waals surface area (Å²) in [6.45, 7) is 21.7. The Hall–Kier alpha value is -3.11. The summed E-state index contributed by atoms with van der Waals surface area (Å²) in [6, 6.07) is 17.2. The van der Waals surface area contributed by atoms with E-state index in [4.69, 9.17) is 14.7 Å².